The molecule has 0 radical (unpaired) electrons. The third-order valence-corrected chi connectivity index (χ3v) is 6.43. The molecule has 2 aliphatic carbocycles. The van der Waals surface area contributed by atoms with Gasteiger partial charge in [-0.3, -0.25) is 9.69 Å². The number of fused-ring (bicyclic) bond motifs is 1. The minimum Gasteiger partial charge on any atom is -0.463 e. The Labute approximate surface area is 177 Å². The molecule has 5 rings (SSSR count). The average molecular weight is 408 g/mol. The lowest BCUT2D eigenvalue weighted by Gasteiger charge is -2.37. The predicted molar refractivity (Wildman–Crippen MR) is 115 cm³/mol. The largest absolute Gasteiger partial charge is 0.463 e. The van der Waals surface area contributed by atoms with Gasteiger partial charge in [0.25, 0.3) is 0 Å². The van der Waals surface area contributed by atoms with Crippen LogP contribution in [0.5, 0.6) is 0 Å². The van der Waals surface area contributed by atoms with Gasteiger partial charge < -0.3 is 18.9 Å². The summed E-state index contributed by atoms with van der Waals surface area (Å²) in [5.41, 5.74) is 3.36. The van der Waals surface area contributed by atoms with E-state index in [9.17, 15) is 4.79 Å². The molecule has 0 bridgehead atoms. The monoisotopic (exact) mass is 407 g/mol. The first-order chi connectivity index (χ1) is 14.8. The van der Waals surface area contributed by atoms with E-state index in [1.54, 1.807) is 12.5 Å². The summed E-state index contributed by atoms with van der Waals surface area (Å²) in [6.45, 7) is 5.78. The minimum atomic E-state index is 0.306. The SMILES string of the molecule is O=C1CCCc2c1ccn2CCN1CCN(C2=COC=C(C3=CC=CCC3)O2)CC1. The van der Waals surface area contributed by atoms with E-state index in [4.69, 9.17) is 9.47 Å². The lowest BCUT2D eigenvalue weighted by Crippen LogP contribution is -2.47. The molecule has 3 heterocycles. The number of hydrogen-bond donors (Lipinski definition) is 0. The first-order valence-electron chi connectivity index (χ1n) is 11.1. The van der Waals surface area contributed by atoms with E-state index in [2.05, 4.69) is 38.8 Å². The Balaban J connectivity index is 1.12. The fourth-order valence-electron chi connectivity index (χ4n) is 4.64. The second kappa shape index (κ2) is 8.56. The third-order valence-electron chi connectivity index (χ3n) is 6.43. The van der Waals surface area contributed by atoms with Crippen LogP contribution in [0.3, 0.4) is 0 Å². The van der Waals surface area contributed by atoms with Crippen molar-refractivity contribution < 1.29 is 14.3 Å². The van der Waals surface area contributed by atoms with Gasteiger partial charge in [0.1, 0.15) is 6.26 Å². The van der Waals surface area contributed by atoms with E-state index in [1.165, 1.54) is 11.3 Å². The molecule has 0 aromatic carbocycles. The van der Waals surface area contributed by atoms with Crippen LogP contribution in [0.1, 0.15) is 41.7 Å². The summed E-state index contributed by atoms with van der Waals surface area (Å²) in [4.78, 5) is 16.8. The van der Waals surface area contributed by atoms with Crippen molar-refractivity contribution in [2.75, 3.05) is 32.7 Å². The molecule has 0 spiro atoms. The Bertz CT molecular complexity index is 929. The summed E-state index contributed by atoms with van der Waals surface area (Å²) < 4.78 is 14.0. The van der Waals surface area contributed by atoms with Gasteiger partial charge >= 0.3 is 0 Å². The quantitative estimate of drug-likeness (QED) is 0.747. The highest BCUT2D eigenvalue weighted by Gasteiger charge is 2.25. The molecule has 158 valence electrons. The molecule has 6 nitrogen and oxygen atoms in total. The van der Waals surface area contributed by atoms with Crippen molar-refractivity contribution in [3.63, 3.8) is 0 Å². The highest BCUT2D eigenvalue weighted by Crippen LogP contribution is 2.28. The Morgan fingerprint density at radius 3 is 2.73 bits per heavy atom. The third kappa shape index (κ3) is 3.97. The van der Waals surface area contributed by atoms with Crippen molar-refractivity contribution in [2.45, 2.75) is 38.6 Å². The van der Waals surface area contributed by atoms with Crippen molar-refractivity contribution in [3.8, 4) is 0 Å². The molecular formula is C24H29N3O3. The van der Waals surface area contributed by atoms with Gasteiger partial charge in [0, 0.05) is 63.1 Å². The molecule has 0 unspecified atom stereocenters. The van der Waals surface area contributed by atoms with Crippen molar-refractivity contribution in [1.82, 2.24) is 14.4 Å². The molecule has 4 aliphatic rings. The summed E-state index contributed by atoms with van der Waals surface area (Å²) in [6.07, 6.45) is 16.6. The summed E-state index contributed by atoms with van der Waals surface area (Å²) in [5, 5.41) is 0. The molecule has 0 amide bonds. The maximum Gasteiger partial charge on any atom is 0.231 e. The van der Waals surface area contributed by atoms with E-state index in [1.807, 2.05) is 6.07 Å². The number of piperazine rings is 1. The molecule has 1 fully saturated rings. The number of nitrogens with zero attached hydrogens (tertiary/aromatic N) is 3. The van der Waals surface area contributed by atoms with Crippen molar-refractivity contribution in [3.05, 3.63) is 71.5 Å². The molecule has 0 atom stereocenters. The zero-order valence-corrected chi connectivity index (χ0v) is 17.4. The molecule has 2 aliphatic heterocycles. The van der Waals surface area contributed by atoms with Gasteiger partial charge in [0.05, 0.1) is 0 Å². The number of ether oxygens (including phenoxy) is 2. The zero-order valence-electron chi connectivity index (χ0n) is 17.4. The number of allylic oxidation sites excluding steroid dienone is 4. The number of hydrogen-bond acceptors (Lipinski definition) is 5. The van der Waals surface area contributed by atoms with Crippen LogP contribution in [-0.4, -0.2) is 52.9 Å². The highest BCUT2D eigenvalue weighted by molar-refractivity contribution is 5.98. The normalized spacial score (nSPS) is 21.9. The summed E-state index contributed by atoms with van der Waals surface area (Å²) >= 11 is 0. The second-order valence-corrected chi connectivity index (χ2v) is 8.31. The number of ketones is 1. The molecular weight excluding hydrogens is 378 g/mol. The summed E-state index contributed by atoms with van der Waals surface area (Å²) in [5.74, 6) is 1.94. The lowest BCUT2D eigenvalue weighted by atomic mass is 9.97. The molecule has 1 aromatic heterocycles. The van der Waals surface area contributed by atoms with Crippen LogP contribution in [0.15, 0.2) is 60.2 Å². The van der Waals surface area contributed by atoms with Gasteiger partial charge in [-0.1, -0.05) is 18.2 Å². The lowest BCUT2D eigenvalue weighted by molar-refractivity contribution is 0.0778. The van der Waals surface area contributed by atoms with E-state index in [-0.39, 0.29) is 0 Å². The van der Waals surface area contributed by atoms with E-state index >= 15 is 0 Å². The van der Waals surface area contributed by atoms with E-state index < -0.39 is 0 Å². The van der Waals surface area contributed by atoms with Gasteiger partial charge in [-0.05, 0) is 37.3 Å². The fraction of sp³-hybridized carbons (Fsp3) is 0.458. The van der Waals surface area contributed by atoms with Crippen LogP contribution in [0.4, 0.5) is 0 Å². The van der Waals surface area contributed by atoms with Crippen LogP contribution >= 0.6 is 0 Å². The number of rotatable bonds is 5. The average Bonchev–Trinajstić information content (AvgIpc) is 3.23. The van der Waals surface area contributed by atoms with Crippen LogP contribution in [0, 0.1) is 0 Å². The van der Waals surface area contributed by atoms with Gasteiger partial charge in [-0.15, -0.1) is 0 Å². The van der Waals surface area contributed by atoms with Gasteiger partial charge in [-0.2, -0.15) is 0 Å². The zero-order chi connectivity index (χ0) is 20.3. The van der Waals surface area contributed by atoms with Crippen molar-refractivity contribution in [1.29, 1.82) is 0 Å². The number of carbonyl (C=O) groups is 1. The van der Waals surface area contributed by atoms with Crippen LogP contribution in [-0.2, 0) is 22.4 Å². The molecule has 30 heavy (non-hydrogen) atoms. The molecule has 1 aromatic rings. The Morgan fingerprint density at radius 1 is 1.00 bits per heavy atom. The van der Waals surface area contributed by atoms with Crippen LogP contribution in [0.2, 0.25) is 0 Å². The van der Waals surface area contributed by atoms with Gasteiger partial charge in [-0.25, -0.2) is 0 Å². The fourth-order valence-corrected chi connectivity index (χ4v) is 4.64. The first-order valence-corrected chi connectivity index (χ1v) is 11.1. The van der Waals surface area contributed by atoms with Crippen molar-refractivity contribution >= 4 is 5.78 Å². The second-order valence-electron chi connectivity index (χ2n) is 8.31. The molecule has 1 saturated heterocycles. The maximum atomic E-state index is 12.0. The maximum absolute atomic E-state index is 12.0. The topological polar surface area (TPSA) is 46.9 Å². The highest BCUT2D eigenvalue weighted by atomic mass is 16.6. The summed E-state index contributed by atoms with van der Waals surface area (Å²) in [6, 6.07) is 2.00. The van der Waals surface area contributed by atoms with Crippen LogP contribution in [0.25, 0.3) is 0 Å². The summed E-state index contributed by atoms with van der Waals surface area (Å²) in [7, 11) is 0. The molecule has 0 saturated carbocycles. The number of aromatic nitrogens is 1. The predicted octanol–water partition coefficient (Wildman–Crippen LogP) is 3.59. The van der Waals surface area contributed by atoms with E-state index in [0.29, 0.717) is 12.2 Å². The molecule has 6 heteroatoms. The number of Topliss-reactive ketones (excluding diaryl/α,β-unsaturated/α-hetero) is 1. The Hall–Kier alpha value is -2.73. The standard InChI is InChI=1S/C24H29N3O3/c28-22-8-4-7-21-20(22)9-10-26(21)14-11-25-12-15-27(16-13-25)24-18-29-17-23(30-24)19-5-2-1-3-6-19/h1-2,5,9-10,17-18H,3-4,6-8,11-16H2. The van der Waals surface area contributed by atoms with Crippen molar-refractivity contribution in [2.24, 2.45) is 0 Å². The first kappa shape index (κ1) is 19.2. The van der Waals surface area contributed by atoms with E-state index in [0.717, 1.165) is 82.2 Å². The smallest absolute Gasteiger partial charge is 0.231 e. The van der Waals surface area contributed by atoms with Gasteiger partial charge in [0.15, 0.2) is 17.8 Å². The van der Waals surface area contributed by atoms with Crippen LogP contribution < -0.4 is 0 Å². The molecule has 0 N–H and O–H groups in total. The number of carbonyl (C=O) groups excluding carboxylic acids is 1. The van der Waals surface area contributed by atoms with Gasteiger partial charge in [0.2, 0.25) is 5.88 Å². The Kier molecular flexibility index (Phi) is 5.49. The minimum absolute atomic E-state index is 0.306. The Morgan fingerprint density at radius 2 is 1.90 bits per heavy atom.